The fraction of sp³-hybridized carbons (Fsp3) is 0.471. The molecular weight excluding hydrogens is 377 g/mol. The Kier molecular flexibility index (Phi) is 6.32. The Balaban J connectivity index is 1.93. The van der Waals surface area contributed by atoms with Gasteiger partial charge < -0.3 is 0 Å². The smallest absolute Gasteiger partial charge is 0.299 e. The first-order valence-corrected chi connectivity index (χ1v) is 9.01. The van der Waals surface area contributed by atoms with Crippen LogP contribution < -0.4 is 0 Å². The maximum absolute atomic E-state index is 12.8. The molecule has 136 valence electrons. The van der Waals surface area contributed by atoms with Gasteiger partial charge in [0, 0.05) is 17.7 Å². The minimum atomic E-state index is -4.52. The number of ketones is 3. The highest BCUT2D eigenvalue weighted by molar-refractivity contribution is 7.99. The van der Waals surface area contributed by atoms with Crippen LogP contribution in [-0.4, -0.2) is 23.1 Å². The number of Topliss-reactive ketones (excluding diaryl/α,β-unsaturated/α-hetero) is 3. The average molecular weight is 393 g/mol. The van der Waals surface area contributed by atoms with Crippen LogP contribution in [0.2, 0.25) is 5.02 Å². The second-order valence-corrected chi connectivity index (χ2v) is 7.60. The summed E-state index contributed by atoms with van der Waals surface area (Å²) < 4.78 is 38.5. The molecule has 2 rings (SSSR count). The zero-order chi connectivity index (χ0) is 18.8. The predicted molar refractivity (Wildman–Crippen MR) is 88.7 cm³/mol. The van der Waals surface area contributed by atoms with Crippen molar-refractivity contribution in [1.82, 2.24) is 0 Å². The highest BCUT2D eigenvalue weighted by Gasteiger charge is 2.38. The second kappa shape index (κ2) is 7.91. The van der Waals surface area contributed by atoms with E-state index in [0.29, 0.717) is 17.1 Å². The molecule has 1 fully saturated rings. The van der Waals surface area contributed by atoms with Crippen molar-refractivity contribution >= 4 is 40.7 Å². The van der Waals surface area contributed by atoms with Gasteiger partial charge in [-0.3, -0.25) is 14.4 Å². The number of thioether (sulfide) groups is 1. The fourth-order valence-corrected chi connectivity index (χ4v) is 4.15. The molecule has 0 amide bonds. The van der Waals surface area contributed by atoms with Crippen molar-refractivity contribution in [3.63, 3.8) is 0 Å². The lowest BCUT2D eigenvalue weighted by Gasteiger charge is -2.24. The quantitative estimate of drug-likeness (QED) is 0.543. The number of halogens is 4. The molecule has 0 spiro atoms. The van der Waals surface area contributed by atoms with Gasteiger partial charge in [-0.05, 0) is 43.2 Å². The molecule has 25 heavy (non-hydrogen) atoms. The molecular formula is C17H16ClF3O3S. The third-order valence-electron chi connectivity index (χ3n) is 4.07. The largest absolute Gasteiger partial charge is 0.417 e. The lowest BCUT2D eigenvalue weighted by atomic mass is 9.77. The molecule has 1 aromatic carbocycles. The molecule has 0 radical (unpaired) electrons. The minimum Gasteiger partial charge on any atom is -0.299 e. The van der Waals surface area contributed by atoms with Gasteiger partial charge in [-0.15, -0.1) is 11.8 Å². The summed E-state index contributed by atoms with van der Waals surface area (Å²) in [6, 6.07) is 3.71. The van der Waals surface area contributed by atoms with Gasteiger partial charge in [-0.1, -0.05) is 11.6 Å². The van der Waals surface area contributed by atoms with E-state index in [9.17, 15) is 27.6 Å². The predicted octanol–water partition coefficient (Wildman–Crippen LogP) is 4.59. The van der Waals surface area contributed by atoms with Crippen molar-refractivity contribution < 1.29 is 27.6 Å². The number of carbonyl (C=O) groups excluding carboxylic acids is 3. The van der Waals surface area contributed by atoms with E-state index in [1.165, 1.54) is 30.8 Å². The standard InChI is InChI=1S/C17H16ClF3O3S/c1-9(22)16-14(23)6-10(7-15(16)24)4-5-25-11-2-3-13(18)12(8-11)17(19,20)21/h2-3,8,10,16H,4-7H2,1H3. The SMILES string of the molecule is CC(=O)C1C(=O)CC(CCSc2ccc(Cl)c(C(F)(F)F)c2)CC1=O. The Bertz CT molecular complexity index is 685. The van der Waals surface area contributed by atoms with Crippen molar-refractivity contribution in [1.29, 1.82) is 0 Å². The van der Waals surface area contributed by atoms with Crippen LogP contribution in [0.4, 0.5) is 13.2 Å². The van der Waals surface area contributed by atoms with E-state index < -0.39 is 23.4 Å². The number of alkyl halides is 3. The van der Waals surface area contributed by atoms with Gasteiger partial charge in [0.2, 0.25) is 0 Å². The lowest BCUT2D eigenvalue weighted by Crippen LogP contribution is -2.37. The number of hydrogen-bond acceptors (Lipinski definition) is 4. The van der Waals surface area contributed by atoms with Crippen molar-refractivity contribution in [2.45, 2.75) is 37.3 Å². The van der Waals surface area contributed by atoms with E-state index >= 15 is 0 Å². The molecule has 8 heteroatoms. The zero-order valence-corrected chi connectivity index (χ0v) is 14.9. The summed E-state index contributed by atoms with van der Waals surface area (Å²) in [6.07, 6.45) is -3.69. The van der Waals surface area contributed by atoms with Crippen molar-refractivity contribution in [3.05, 3.63) is 28.8 Å². The van der Waals surface area contributed by atoms with Crippen LogP contribution in [0.3, 0.4) is 0 Å². The first-order chi connectivity index (χ1) is 11.6. The fourth-order valence-electron chi connectivity index (χ4n) is 2.87. The molecule has 0 aromatic heterocycles. The van der Waals surface area contributed by atoms with Gasteiger partial charge in [-0.2, -0.15) is 13.2 Å². The van der Waals surface area contributed by atoms with Crippen LogP contribution in [0.5, 0.6) is 0 Å². The Morgan fingerprint density at radius 2 is 1.84 bits per heavy atom. The molecule has 0 bridgehead atoms. The van der Waals surface area contributed by atoms with E-state index in [4.69, 9.17) is 11.6 Å². The van der Waals surface area contributed by atoms with Crippen LogP contribution in [0.25, 0.3) is 0 Å². The van der Waals surface area contributed by atoms with E-state index in [0.717, 1.165) is 6.07 Å². The first kappa shape index (κ1) is 20.0. The summed E-state index contributed by atoms with van der Waals surface area (Å²) in [5.74, 6) is -1.97. The number of rotatable bonds is 5. The normalized spacial score (nSPS) is 21.5. The summed E-state index contributed by atoms with van der Waals surface area (Å²) in [5.41, 5.74) is -0.883. The van der Waals surface area contributed by atoms with Gasteiger partial charge in [0.25, 0.3) is 0 Å². The molecule has 0 saturated heterocycles. The third kappa shape index (κ3) is 5.07. The molecule has 0 N–H and O–H groups in total. The third-order valence-corrected chi connectivity index (χ3v) is 5.42. The van der Waals surface area contributed by atoms with Crippen LogP contribution >= 0.6 is 23.4 Å². The van der Waals surface area contributed by atoms with E-state index in [2.05, 4.69) is 0 Å². The summed E-state index contributed by atoms with van der Waals surface area (Å²) in [7, 11) is 0. The zero-order valence-electron chi connectivity index (χ0n) is 13.4. The Morgan fingerprint density at radius 3 is 2.36 bits per heavy atom. The monoisotopic (exact) mass is 392 g/mol. The van der Waals surface area contributed by atoms with Gasteiger partial charge >= 0.3 is 6.18 Å². The maximum Gasteiger partial charge on any atom is 0.417 e. The summed E-state index contributed by atoms with van der Waals surface area (Å²) in [4.78, 5) is 35.5. The summed E-state index contributed by atoms with van der Waals surface area (Å²) >= 11 is 6.79. The highest BCUT2D eigenvalue weighted by Crippen LogP contribution is 2.37. The molecule has 0 unspecified atom stereocenters. The van der Waals surface area contributed by atoms with Gasteiger partial charge in [0.1, 0.15) is 11.7 Å². The van der Waals surface area contributed by atoms with Gasteiger partial charge in [0.05, 0.1) is 10.6 Å². The molecule has 1 aromatic rings. The van der Waals surface area contributed by atoms with Crippen LogP contribution in [0, 0.1) is 11.8 Å². The molecule has 1 saturated carbocycles. The topological polar surface area (TPSA) is 51.2 Å². The molecule has 0 aliphatic heterocycles. The van der Waals surface area contributed by atoms with Crippen molar-refractivity contribution in [3.8, 4) is 0 Å². The summed E-state index contributed by atoms with van der Waals surface area (Å²) in [5, 5.41) is -0.351. The Morgan fingerprint density at radius 1 is 1.24 bits per heavy atom. The molecule has 1 aliphatic carbocycles. The van der Waals surface area contributed by atoms with Crippen molar-refractivity contribution in [2.75, 3.05) is 5.75 Å². The van der Waals surface area contributed by atoms with E-state index in [1.54, 1.807) is 0 Å². The van der Waals surface area contributed by atoms with Gasteiger partial charge in [-0.25, -0.2) is 0 Å². The minimum absolute atomic E-state index is 0.158. The number of hydrogen-bond donors (Lipinski definition) is 0. The van der Waals surface area contributed by atoms with Crippen molar-refractivity contribution in [2.24, 2.45) is 11.8 Å². The maximum atomic E-state index is 12.8. The van der Waals surface area contributed by atoms with E-state index in [1.807, 2.05) is 0 Å². The molecule has 3 nitrogen and oxygen atoms in total. The van der Waals surface area contributed by atoms with Crippen LogP contribution in [0.15, 0.2) is 23.1 Å². The number of benzene rings is 1. The molecule has 0 atom stereocenters. The highest BCUT2D eigenvalue weighted by atomic mass is 35.5. The average Bonchev–Trinajstić information content (AvgIpc) is 2.46. The van der Waals surface area contributed by atoms with E-state index in [-0.39, 0.29) is 35.3 Å². The number of carbonyl (C=O) groups is 3. The lowest BCUT2D eigenvalue weighted by molar-refractivity contribution is -0.143. The second-order valence-electron chi connectivity index (χ2n) is 6.03. The first-order valence-electron chi connectivity index (χ1n) is 7.65. The Hall–Kier alpha value is -1.34. The summed E-state index contributed by atoms with van der Waals surface area (Å²) in [6.45, 7) is 1.23. The molecule has 1 aliphatic rings. The Labute approximate surface area is 152 Å². The van der Waals surface area contributed by atoms with Crippen LogP contribution in [-0.2, 0) is 20.6 Å². The molecule has 0 heterocycles. The van der Waals surface area contributed by atoms with Crippen LogP contribution in [0.1, 0.15) is 31.7 Å². The van der Waals surface area contributed by atoms with Gasteiger partial charge in [0.15, 0.2) is 11.6 Å².